The van der Waals surface area contributed by atoms with Crippen LogP contribution in [0, 0.1) is 13.8 Å². The number of fused-ring (bicyclic) bond motifs is 3. The standard InChI is InChI=1S/C29H31N3O2S/c1-17(2)21-13-8-10-19(4)26(21)30-24(33)16-32-27(20-11-7-9-18(3)15-20)31-28-25(29(32)34)22-12-5-6-14-23(22)35-28/h7-11,13,15,17H,5-6,12,14,16H2,1-4H3,(H,30,33). The molecule has 0 unspecified atom stereocenters. The SMILES string of the molecule is Cc1cccc(-c2nc3sc4c(c3c(=O)n2CC(=O)Nc2c(C)cccc2C(C)C)CCCC4)c1. The topological polar surface area (TPSA) is 64.0 Å². The summed E-state index contributed by atoms with van der Waals surface area (Å²) < 4.78 is 1.57. The zero-order valence-corrected chi connectivity index (χ0v) is 21.6. The Morgan fingerprint density at radius 1 is 1.11 bits per heavy atom. The molecule has 35 heavy (non-hydrogen) atoms. The van der Waals surface area contributed by atoms with Crippen molar-refractivity contribution in [2.45, 2.75) is 65.8 Å². The smallest absolute Gasteiger partial charge is 0.263 e. The van der Waals surface area contributed by atoms with Gasteiger partial charge >= 0.3 is 0 Å². The van der Waals surface area contributed by atoms with Crippen LogP contribution in [0.1, 0.15) is 59.7 Å². The fourth-order valence-corrected chi connectivity index (χ4v) is 6.31. The van der Waals surface area contributed by atoms with Crippen LogP contribution in [0.3, 0.4) is 0 Å². The van der Waals surface area contributed by atoms with Gasteiger partial charge in [0, 0.05) is 16.1 Å². The first-order valence-electron chi connectivity index (χ1n) is 12.3. The van der Waals surface area contributed by atoms with Crippen LogP contribution in [0.2, 0.25) is 0 Å². The molecule has 2 aromatic carbocycles. The molecule has 0 fully saturated rings. The van der Waals surface area contributed by atoms with Gasteiger partial charge in [-0.05, 0) is 68.2 Å². The lowest BCUT2D eigenvalue weighted by molar-refractivity contribution is -0.116. The molecule has 0 saturated heterocycles. The number of amides is 1. The quantitative estimate of drug-likeness (QED) is 0.357. The Morgan fingerprint density at radius 2 is 1.89 bits per heavy atom. The van der Waals surface area contributed by atoms with Crippen molar-refractivity contribution in [2.24, 2.45) is 0 Å². The Hall–Kier alpha value is -3.25. The second kappa shape index (κ2) is 9.42. The molecule has 0 aliphatic heterocycles. The maximum Gasteiger partial charge on any atom is 0.263 e. The van der Waals surface area contributed by atoms with E-state index in [0.717, 1.165) is 64.0 Å². The molecule has 1 amide bonds. The number of para-hydroxylation sites is 1. The number of nitrogens with zero attached hydrogens (tertiary/aromatic N) is 2. The van der Waals surface area contributed by atoms with E-state index >= 15 is 0 Å². The first-order valence-corrected chi connectivity index (χ1v) is 13.2. The summed E-state index contributed by atoms with van der Waals surface area (Å²) in [5.41, 5.74) is 5.89. The molecule has 4 aromatic rings. The lowest BCUT2D eigenvalue weighted by atomic mass is 9.97. The van der Waals surface area contributed by atoms with E-state index in [4.69, 9.17) is 4.98 Å². The van der Waals surface area contributed by atoms with Gasteiger partial charge in [-0.2, -0.15) is 0 Å². The highest BCUT2D eigenvalue weighted by Crippen LogP contribution is 2.35. The summed E-state index contributed by atoms with van der Waals surface area (Å²) in [7, 11) is 0. The number of aryl methyl sites for hydroxylation is 4. The van der Waals surface area contributed by atoms with Crippen LogP contribution in [0.25, 0.3) is 21.6 Å². The highest BCUT2D eigenvalue weighted by atomic mass is 32.1. The Balaban J connectivity index is 1.62. The van der Waals surface area contributed by atoms with E-state index in [1.807, 2.05) is 56.3 Å². The molecule has 1 N–H and O–H groups in total. The summed E-state index contributed by atoms with van der Waals surface area (Å²) in [6, 6.07) is 14.0. The second-order valence-corrected chi connectivity index (χ2v) is 10.9. The highest BCUT2D eigenvalue weighted by molar-refractivity contribution is 7.18. The Kier molecular flexibility index (Phi) is 6.32. The van der Waals surface area contributed by atoms with E-state index in [2.05, 4.69) is 19.2 Å². The number of carbonyl (C=O) groups is 1. The van der Waals surface area contributed by atoms with E-state index in [1.165, 1.54) is 4.88 Å². The summed E-state index contributed by atoms with van der Waals surface area (Å²) >= 11 is 1.64. The van der Waals surface area contributed by atoms with Crippen LogP contribution < -0.4 is 10.9 Å². The molecule has 1 aliphatic carbocycles. The number of hydrogen-bond donors (Lipinski definition) is 1. The highest BCUT2D eigenvalue weighted by Gasteiger charge is 2.24. The minimum atomic E-state index is -0.220. The van der Waals surface area contributed by atoms with Gasteiger partial charge in [0.15, 0.2) is 0 Å². The summed E-state index contributed by atoms with van der Waals surface area (Å²) in [4.78, 5) is 34.3. The minimum absolute atomic E-state index is 0.0818. The van der Waals surface area contributed by atoms with Crippen molar-refractivity contribution in [3.05, 3.63) is 79.9 Å². The molecule has 0 atom stereocenters. The monoisotopic (exact) mass is 485 g/mol. The number of nitrogens with one attached hydrogen (secondary N) is 1. The van der Waals surface area contributed by atoms with E-state index in [1.54, 1.807) is 15.9 Å². The van der Waals surface area contributed by atoms with Crippen molar-refractivity contribution >= 4 is 33.1 Å². The fourth-order valence-electron chi connectivity index (χ4n) is 5.05. The zero-order valence-electron chi connectivity index (χ0n) is 20.8. The number of carbonyl (C=O) groups excluding carboxylic acids is 1. The average molecular weight is 486 g/mol. The van der Waals surface area contributed by atoms with Crippen LogP contribution in [0.4, 0.5) is 5.69 Å². The van der Waals surface area contributed by atoms with Gasteiger partial charge in [0.25, 0.3) is 5.56 Å². The summed E-state index contributed by atoms with van der Waals surface area (Å²) in [6.07, 6.45) is 4.14. The van der Waals surface area contributed by atoms with Crippen molar-refractivity contribution < 1.29 is 4.79 Å². The minimum Gasteiger partial charge on any atom is -0.324 e. The Bertz CT molecular complexity index is 1500. The molecule has 6 heteroatoms. The van der Waals surface area contributed by atoms with Crippen LogP contribution in [-0.2, 0) is 24.2 Å². The van der Waals surface area contributed by atoms with Crippen LogP contribution in [0.15, 0.2) is 47.3 Å². The van der Waals surface area contributed by atoms with Crippen molar-refractivity contribution in [3.8, 4) is 11.4 Å². The average Bonchev–Trinajstić information content (AvgIpc) is 3.20. The normalized spacial score (nSPS) is 13.3. The molecule has 5 rings (SSSR count). The first kappa shape index (κ1) is 23.5. The molecule has 1 aliphatic rings. The molecule has 180 valence electrons. The molecule has 2 heterocycles. The molecule has 0 bridgehead atoms. The molecule has 0 saturated carbocycles. The largest absolute Gasteiger partial charge is 0.324 e. The number of aromatic nitrogens is 2. The lowest BCUT2D eigenvalue weighted by Gasteiger charge is -2.18. The van der Waals surface area contributed by atoms with Crippen molar-refractivity contribution in [1.82, 2.24) is 9.55 Å². The summed E-state index contributed by atoms with van der Waals surface area (Å²) in [5.74, 6) is 0.599. The van der Waals surface area contributed by atoms with Gasteiger partial charge in [-0.25, -0.2) is 4.98 Å². The number of thiophene rings is 1. The number of benzene rings is 2. The summed E-state index contributed by atoms with van der Waals surface area (Å²) in [5, 5.41) is 3.81. The van der Waals surface area contributed by atoms with Crippen molar-refractivity contribution in [2.75, 3.05) is 5.32 Å². The van der Waals surface area contributed by atoms with E-state index < -0.39 is 0 Å². The number of anilines is 1. The van der Waals surface area contributed by atoms with Crippen LogP contribution >= 0.6 is 11.3 Å². The third kappa shape index (κ3) is 4.43. The predicted molar refractivity (Wildman–Crippen MR) is 145 cm³/mol. The van der Waals surface area contributed by atoms with Crippen LogP contribution in [0.5, 0.6) is 0 Å². The van der Waals surface area contributed by atoms with E-state index in [9.17, 15) is 9.59 Å². The molecular weight excluding hydrogens is 454 g/mol. The third-order valence-electron chi connectivity index (χ3n) is 6.84. The molecule has 0 radical (unpaired) electrons. The third-order valence-corrected chi connectivity index (χ3v) is 8.03. The number of hydrogen-bond acceptors (Lipinski definition) is 4. The maximum absolute atomic E-state index is 13.9. The predicted octanol–water partition coefficient (Wildman–Crippen LogP) is 6.38. The molecular formula is C29H31N3O2S. The van der Waals surface area contributed by atoms with Crippen molar-refractivity contribution in [1.29, 1.82) is 0 Å². The second-order valence-electron chi connectivity index (χ2n) is 9.83. The van der Waals surface area contributed by atoms with E-state index in [0.29, 0.717) is 11.2 Å². The molecule has 0 spiro atoms. The Morgan fingerprint density at radius 3 is 2.66 bits per heavy atom. The maximum atomic E-state index is 13.9. The molecule has 5 nitrogen and oxygen atoms in total. The molecule has 2 aromatic heterocycles. The van der Waals surface area contributed by atoms with Gasteiger partial charge in [0.1, 0.15) is 17.2 Å². The summed E-state index contributed by atoms with van der Waals surface area (Å²) in [6.45, 7) is 8.16. The van der Waals surface area contributed by atoms with Gasteiger partial charge in [-0.1, -0.05) is 55.8 Å². The van der Waals surface area contributed by atoms with Gasteiger partial charge < -0.3 is 5.32 Å². The Labute approximate surface area is 209 Å². The first-order chi connectivity index (χ1) is 16.8. The lowest BCUT2D eigenvalue weighted by Crippen LogP contribution is -2.30. The van der Waals surface area contributed by atoms with Gasteiger partial charge in [0.05, 0.1) is 5.39 Å². The van der Waals surface area contributed by atoms with Gasteiger partial charge in [0.2, 0.25) is 5.91 Å². The van der Waals surface area contributed by atoms with Gasteiger partial charge in [-0.15, -0.1) is 11.3 Å². The van der Waals surface area contributed by atoms with Crippen molar-refractivity contribution in [3.63, 3.8) is 0 Å². The zero-order chi connectivity index (χ0) is 24.7. The number of rotatable bonds is 5. The van der Waals surface area contributed by atoms with Crippen LogP contribution in [-0.4, -0.2) is 15.5 Å². The van der Waals surface area contributed by atoms with Gasteiger partial charge in [-0.3, -0.25) is 14.2 Å². The van der Waals surface area contributed by atoms with E-state index in [-0.39, 0.29) is 23.9 Å². The fraction of sp³-hybridized carbons (Fsp3) is 0.345.